The van der Waals surface area contributed by atoms with E-state index in [1.54, 1.807) is 0 Å². The largest absolute Gasteiger partial charge is 0.367 e. The van der Waals surface area contributed by atoms with Crippen molar-refractivity contribution in [1.82, 2.24) is 20.1 Å². The molecule has 0 spiro atoms. The summed E-state index contributed by atoms with van der Waals surface area (Å²) in [4.78, 5) is 14.5. The Labute approximate surface area is 163 Å². The highest BCUT2D eigenvalue weighted by molar-refractivity contribution is 5.82. The SMILES string of the molecule is CC(C)N(C)c1nc2ccc(-c3noc(COCc4ccccc4)n3)cc2[nH]1. The van der Waals surface area contributed by atoms with Crippen LogP contribution in [0.5, 0.6) is 0 Å². The van der Waals surface area contributed by atoms with Crippen molar-refractivity contribution in [1.29, 1.82) is 0 Å². The number of nitrogens with one attached hydrogen (secondary N) is 1. The first-order valence-electron chi connectivity index (χ1n) is 9.27. The lowest BCUT2D eigenvalue weighted by Gasteiger charge is -2.19. The summed E-state index contributed by atoms with van der Waals surface area (Å²) in [6.07, 6.45) is 0. The Morgan fingerprint density at radius 2 is 1.89 bits per heavy atom. The summed E-state index contributed by atoms with van der Waals surface area (Å²) in [6, 6.07) is 16.2. The number of fused-ring (bicyclic) bond motifs is 1. The van der Waals surface area contributed by atoms with Gasteiger partial charge in [-0.3, -0.25) is 0 Å². The quantitative estimate of drug-likeness (QED) is 0.520. The van der Waals surface area contributed by atoms with E-state index in [9.17, 15) is 0 Å². The predicted molar refractivity (Wildman–Crippen MR) is 108 cm³/mol. The molecule has 0 aliphatic carbocycles. The summed E-state index contributed by atoms with van der Waals surface area (Å²) in [5.41, 5.74) is 3.81. The fourth-order valence-electron chi connectivity index (χ4n) is 2.81. The summed E-state index contributed by atoms with van der Waals surface area (Å²) in [7, 11) is 2.02. The third-order valence-electron chi connectivity index (χ3n) is 4.64. The van der Waals surface area contributed by atoms with Gasteiger partial charge in [0, 0.05) is 18.7 Å². The molecule has 2 aromatic heterocycles. The van der Waals surface area contributed by atoms with E-state index < -0.39 is 0 Å². The van der Waals surface area contributed by atoms with Crippen LogP contribution in [0, 0.1) is 0 Å². The molecule has 4 rings (SSSR count). The summed E-state index contributed by atoms with van der Waals surface area (Å²) in [5.74, 6) is 1.83. The number of aromatic nitrogens is 4. The highest BCUT2D eigenvalue weighted by Crippen LogP contribution is 2.24. The number of rotatable bonds is 7. The summed E-state index contributed by atoms with van der Waals surface area (Å²) in [5, 5.41) is 4.08. The molecular weight excluding hydrogens is 354 g/mol. The normalized spacial score (nSPS) is 11.4. The third kappa shape index (κ3) is 3.89. The number of aromatic amines is 1. The second kappa shape index (κ2) is 7.82. The van der Waals surface area contributed by atoms with Crippen LogP contribution in [-0.4, -0.2) is 33.2 Å². The molecule has 7 nitrogen and oxygen atoms in total. The van der Waals surface area contributed by atoms with Crippen molar-refractivity contribution in [2.24, 2.45) is 0 Å². The number of hydrogen-bond donors (Lipinski definition) is 1. The van der Waals surface area contributed by atoms with E-state index in [0.29, 0.717) is 24.4 Å². The summed E-state index contributed by atoms with van der Waals surface area (Å²) < 4.78 is 11.0. The van der Waals surface area contributed by atoms with Gasteiger partial charge in [0.2, 0.25) is 11.8 Å². The number of benzene rings is 2. The molecule has 0 bridgehead atoms. The van der Waals surface area contributed by atoms with Crippen LogP contribution in [0.25, 0.3) is 22.4 Å². The van der Waals surface area contributed by atoms with Gasteiger partial charge in [-0.05, 0) is 37.6 Å². The van der Waals surface area contributed by atoms with Crippen LogP contribution in [0.3, 0.4) is 0 Å². The zero-order valence-electron chi connectivity index (χ0n) is 16.2. The molecule has 1 N–H and O–H groups in total. The van der Waals surface area contributed by atoms with E-state index in [2.05, 4.69) is 38.9 Å². The van der Waals surface area contributed by atoms with E-state index in [4.69, 9.17) is 9.26 Å². The minimum Gasteiger partial charge on any atom is -0.367 e. The number of anilines is 1. The fourth-order valence-corrected chi connectivity index (χ4v) is 2.81. The van der Waals surface area contributed by atoms with Crippen LogP contribution < -0.4 is 4.90 Å². The first-order valence-corrected chi connectivity index (χ1v) is 9.27. The van der Waals surface area contributed by atoms with E-state index in [1.807, 2.05) is 55.6 Å². The second-order valence-corrected chi connectivity index (χ2v) is 6.99. The van der Waals surface area contributed by atoms with Gasteiger partial charge in [-0.1, -0.05) is 35.5 Å². The first-order chi connectivity index (χ1) is 13.6. The Hall–Kier alpha value is -3.19. The van der Waals surface area contributed by atoms with Crippen molar-refractivity contribution in [3.05, 3.63) is 60.0 Å². The number of nitrogens with zero attached hydrogens (tertiary/aromatic N) is 4. The molecule has 28 heavy (non-hydrogen) atoms. The average molecular weight is 377 g/mol. The molecule has 4 aromatic rings. The van der Waals surface area contributed by atoms with Crippen molar-refractivity contribution in [2.75, 3.05) is 11.9 Å². The van der Waals surface area contributed by atoms with Gasteiger partial charge < -0.3 is 19.1 Å². The summed E-state index contributed by atoms with van der Waals surface area (Å²) >= 11 is 0. The van der Waals surface area contributed by atoms with Gasteiger partial charge in [-0.25, -0.2) is 4.98 Å². The smallest absolute Gasteiger partial charge is 0.252 e. The molecular formula is C21H23N5O2. The Kier molecular flexibility index (Phi) is 5.08. The predicted octanol–water partition coefficient (Wildman–Crippen LogP) is 4.17. The monoisotopic (exact) mass is 377 g/mol. The molecule has 0 aliphatic rings. The molecule has 144 valence electrons. The minimum absolute atomic E-state index is 0.275. The Balaban J connectivity index is 1.46. The molecule has 0 saturated carbocycles. The van der Waals surface area contributed by atoms with Gasteiger partial charge in [-0.15, -0.1) is 0 Å². The van der Waals surface area contributed by atoms with E-state index in [1.165, 1.54) is 0 Å². The Bertz CT molecular complexity index is 1060. The van der Waals surface area contributed by atoms with Crippen LogP contribution in [0.15, 0.2) is 53.1 Å². The molecule has 0 aliphatic heterocycles. The zero-order chi connectivity index (χ0) is 19.5. The lowest BCUT2D eigenvalue weighted by molar-refractivity contribution is 0.0850. The zero-order valence-corrected chi connectivity index (χ0v) is 16.2. The number of imidazole rings is 1. The first kappa shape index (κ1) is 18.2. The van der Waals surface area contributed by atoms with Gasteiger partial charge in [0.05, 0.1) is 17.6 Å². The molecule has 0 amide bonds. The van der Waals surface area contributed by atoms with Crippen LogP contribution in [0.2, 0.25) is 0 Å². The van der Waals surface area contributed by atoms with Crippen molar-refractivity contribution >= 4 is 17.0 Å². The molecule has 0 radical (unpaired) electrons. The van der Waals surface area contributed by atoms with Gasteiger partial charge in [-0.2, -0.15) is 4.98 Å². The molecule has 0 unspecified atom stereocenters. The van der Waals surface area contributed by atoms with Crippen LogP contribution in [0.1, 0.15) is 25.3 Å². The number of ether oxygens (including phenoxy) is 1. The molecule has 0 saturated heterocycles. The second-order valence-electron chi connectivity index (χ2n) is 6.99. The molecule has 0 fully saturated rings. The van der Waals surface area contributed by atoms with Gasteiger partial charge in [0.1, 0.15) is 6.61 Å². The van der Waals surface area contributed by atoms with Gasteiger partial charge in [0.15, 0.2) is 0 Å². The average Bonchev–Trinajstić information content (AvgIpc) is 3.34. The van der Waals surface area contributed by atoms with Crippen molar-refractivity contribution in [2.45, 2.75) is 33.1 Å². The maximum Gasteiger partial charge on any atom is 0.252 e. The maximum atomic E-state index is 5.66. The third-order valence-corrected chi connectivity index (χ3v) is 4.64. The van der Waals surface area contributed by atoms with Crippen LogP contribution in [0.4, 0.5) is 5.95 Å². The Morgan fingerprint density at radius 3 is 2.68 bits per heavy atom. The lowest BCUT2D eigenvalue weighted by atomic mass is 10.2. The maximum absolute atomic E-state index is 5.66. The highest BCUT2D eigenvalue weighted by atomic mass is 16.5. The molecule has 2 aromatic carbocycles. The number of H-pyrrole nitrogens is 1. The lowest BCUT2D eigenvalue weighted by Crippen LogP contribution is -2.26. The fraction of sp³-hybridized carbons (Fsp3) is 0.286. The van der Waals surface area contributed by atoms with Gasteiger partial charge >= 0.3 is 0 Å². The minimum atomic E-state index is 0.275. The van der Waals surface area contributed by atoms with Crippen LogP contribution >= 0.6 is 0 Å². The standard InChI is InChI=1S/C21H23N5O2/c1-14(2)26(3)21-22-17-10-9-16(11-18(17)23-21)20-24-19(28-25-20)13-27-12-15-7-5-4-6-8-15/h4-11,14H,12-13H2,1-3H3,(H,22,23). The topological polar surface area (TPSA) is 80.1 Å². The van der Waals surface area contributed by atoms with E-state index >= 15 is 0 Å². The molecule has 2 heterocycles. The highest BCUT2D eigenvalue weighted by Gasteiger charge is 2.13. The molecule has 0 atom stereocenters. The van der Waals surface area contributed by atoms with Crippen molar-refractivity contribution in [3.63, 3.8) is 0 Å². The molecule has 7 heteroatoms. The Morgan fingerprint density at radius 1 is 1.07 bits per heavy atom. The van der Waals surface area contributed by atoms with E-state index in [0.717, 1.165) is 28.1 Å². The van der Waals surface area contributed by atoms with Crippen LogP contribution in [-0.2, 0) is 18.0 Å². The summed E-state index contributed by atoms with van der Waals surface area (Å²) in [6.45, 7) is 5.03. The van der Waals surface area contributed by atoms with E-state index in [-0.39, 0.29) is 6.61 Å². The van der Waals surface area contributed by atoms with Crippen molar-refractivity contribution in [3.8, 4) is 11.4 Å². The number of hydrogen-bond acceptors (Lipinski definition) is 6. The van der Waals surface area contributed by atoms with Gasteiger partial charge in [0.25, 0.3) is 5.89 Å². The van der Waals surface area contributed by atoms with Crippen molar-refractivity contribution < 1.29 is 9.26 Å².